The number of hydrogen-bond donors (Lipinski definition) is 2. The van der Waals surface area contributed by atoms with E-state index in [2.05, 4.69) is 11.9 Å². The number of nitrogens with zero attached hydrogens (tertiary/aromatic N) is 1. The van der Waals surface area contributed by atoms with Gasteiger partial charge in [-0.05, 0) is 30.7 Å². The van der Waals surface area contributed by atoms with Crippen molar-refractivity contribution in [2.75, 3.05) is 0 Å². The minimum atomic E-state index is -0.443. The largest absolute Gasteiger partial charge is 0.392 e. The number of H-pyrrole nitrogens is 1. The summed E-state index contributed by atoms with van der Waals surface area (Å²) in [6, 6.07) is 0. The first kappa shape index (κ1) is 13.5. The molecule has 106 valence electrons. The highest BCUT2D eigenvalue weighted by molar-refractivity contribution is 7.80. The van der Waals surface area contributed by atoms with Crippen LogP contribution < -0.4 is 17.0 Å². The second-order valence-corrected chi connectivity index (χ2v) is 6.97. The topological polar surface area (TPSA) is 80.9 Å². The number of aromatic nitrogens is 2. The van der Waals surface area contributed by atoms with E-state index < -0.39 is 5.69 Å². The van der Waals surface area contributed by atoms with Crippen molar-refractivity contribution in [2.45, 2.75) is 32.7 Å². The number of aryl methyl sites for hydroxylation is 1. The smallest absolute Gasteiger partial charge is 0.329 e. The third-order valence-electron chi connectivity index (χ3n) is 3.75. The van der Waals surface area contributed by atoms with Crippen LogP contribution in [0.25, 0.3) is 10.2 Å². The van der Waals surface area contributed by atoms with Crippen molar-refractivity contribution >= 4 is 38.8 Å². The molecule has 3 N–H and O–H groups in total. The van der Waals surface area contributed by atoms with Gasteiger partial charge in [-0.3, -0.25) is 14.3 Å². The van der Waals surface area contributed by atoms with E-state index >= 15 is 0 Å². The molecule has 0 aliphatic heterocycles. The summed E-state index contributed by atoms with van der Waals surface area (Å²) in [7, 11) is 0. The van der Waals surface area contributed by atoms with Crippen LogP contribution in [0.3, 0.4) is 0 Å². The fraction of sp³-hybridized carbons (Fsp3) is 0.462. The maximum Gasteiger partial charge on any atom is 0.329 e. The van der Waals surface area contributed by atoms with Gasteiger partial charge in [0.15, 0.2) is 0 Å². The molecule has 0 amide bonds. The van der Waals surface area contributed by atoms with Gasteiger partial charge < -0.3 is 5.73 Å². The fourth-order valence-corrected chi connectivity index (χ4v) is 4.28. The van der Waals surface area contributed by atoms with Gasteiger partial charge in [0.2, 0.25) is 0 Å². The Morgan fingerprint density at radius 2 is 2.30 bits per heavy atom. The molecule has 0 bridgehead atoms. The van der Waals surface area contributed by atoms with Gasteiger partial charge in [-0.25, -0.2) is 4.79 Å². The maximum absolute atomic E-state index is 12.5. The number of aromatic amines is 1. The predicted molar refractivity (Wildman–Crippen MR) is 84.7 cm³/mol. The zero-order valence-corrected chi connectivity index (χ0v) is 12.7. The molecule has 0 saturated heterocycles. The Kier molecular flexibility index (Phi) is 3.25. The number of thiophene rings is 1. The number of fused-ring (bicyclic) bond motifs is 3. The van der Waals surface area contributed by atoms with Crippen LogP contribution in [0.1, 0.15) is 23.8 Å². The molecule has 0 spiro atoms. The molecule has 0 aromatic carbocycles. The van der Waals surface area contributed by atoms with Crippen molar-refractivity contribution in [2.24, 2.45) is 11.7 Å². The SMILES string of the molecule is CC1CCc2c(sc3[nH]c(=O)n(CC(N)=S)c(=O)c23)C1. The van der Waals surface area contributed by atoms with E-state index in [-0.39, 0.29) is 17.1 Å². The Morgan fingerprint density at radius 1 is 1.55 bits per heavy atom. The molecule has 3 rings (SSSR count). The maximum atomic E-state index is 12.5. The minimum absolute atomic E-state index is 0.0134. The first-order valence-corrected chi connectivity index (χ1v) is 7.75. The molecule has 7 heteroatoms. The molecule has 1 aliphatic rings. The summed E-state index contributed by atoms with van der Waals surface area (Å²) in [5.41, 5.74) is 5.84. The standard InChI is InChI=1S/C13H15N3O2S2/c1-6-2-3-7-8(4-6)20-11-10(7)12(17)16(5-9(14)19)13(18)15-11/h6H,2-5H2,1H3,(H2,14,19)(H,15,18). The lowest BCUT2D eigenvalue weighted by Crippen LogP contribution is -2.38. The normalized spacial score (nSPS) is 18.1. The summed E-state index contributed by atoms with van der Waals surface area (Å²) in [6.45, 7) is 2.20. The average molecular weight is 309 g/mol. The van der Waals surface area contributed by atoms with Gasteiger partial charge >= 0.3 is 5.69 Å². The molecule has 2 heterocycles. The molecule has 1 aliphatic carbocycles. The van der Waals surface area contributed by atoms with Crippen molar-refractivity contribution in [1.29, 1.82) is 0 Å². The lowest BCUT2D eigenvalue weighted by Gasteiger charge is -2.17. The second-order valence-electron chi connectivity index (χ2n) is 5.34. The quantitative estimate of drug-likeness (QED) is 0.816. The summed E-state index contributed by atoms with van der Waals surface area (Å²) < 4.78 is 1.09. The van der Waals surface area contributed by atoms with Crippen molar-refractivity contribution in [3.8, 4) is 0 Å². The Bertz CT molecular complexity index is 815. The predicted octanol–water partition coefficient (Wildman–Crippen LogP) is 1.16. The lowest BCUT2D eigenvalue weighted by molar-refractivity contribution is 0.509. The van der Waals surface area contributed by atoms with E-state index in [0.29, 0.717) is 16.1 Å². The molecule has 1 atom stereocenters. The number of rotatable bonds is 2. The third-order valence-corrected chi connectivity index (χ3v) is 5.05. The van der Waals surface area contributed by atoms with Crippen molar-refractivity contribution < 1.29 is 0 Å². The highest BCUT2D eigenvalue weighted by Crippen LogP contribution is 2.35. The number of nitrogens with one attached hydrogen (secondary N) is 1. The third kappa shape index (κ3) is 2.10. The van der Waals surface area contributed by atoms with Gasteiger partial charge in [-0.1, -0.05) is 19.1 Å². The van der Waals surface area contributed by atoms with Crippen molar-refractivity contribution in [3.63, 3.8) is 0 Å². The van der Waals surface area contributed by atoms with Crippen LogP contribution in [0, 0.1) is 5.92 Å². The Hall–Kier alpha value is -1.47. The summed E-state index contributed by atoms with van der Waals surface area (Å²) >= 11 is 6.33. The van der Waals surface area contributed by atoms with Crippen LogP contribution in [0.4, 0.5) is 0 Å². The van der Waals surface area contributed by atoms with E-state index in [1.807, 2.05) is 0 Å². The summed E-state index contributed by atoms with van der Waals surface area (Å²) in [6.07, 6.45) is 2.95. The molecule has 2 aromatic heterocycles. The number of hydrogen-bond acceptors (Lipinski definition) is 4. The molecule has 0 radical (unpaired) electrons. The summed E-state index contributed by atoms with van der Waals surface area (Å²) in [5, 5.41) is 0.646. The zero-order chi connectivity index (χ0) is 14.4. The number of nitrogens with two attached hydrogens (primary N) is 1. The average Bonchev–Trinajstić information content (AvgIpc) is 2.71. The van der Waals surface area contributed by atoms with Gasteiger partial charge in [0.05, 0.1) is 16.9 Å². The Balaban J connectivity index is 2.29. The molecule has 0 fully saturated rings. The second kappa shape index (κ2) is 4.82. The molecule has 2 aromatic rings. The number of thiocarbonyl (C=S) groups is 1. The van der Waals surface area contributed by atoms with Crippen molar-refractivity contribution in [3.05, 3.63) is 31.3 Å². The van der Waals surface area contributed by atoms with E-state index in [4.69, 9.17) is 18.0 Å². The van der Waals surface area contributed by atoms with Crippen LogP contribution in [0.2, 0.25) is 0 Å². The van der Waals surface area contributed by atoms with Gasteiger partial charge in [0.25, 0.3) is 5.56 Å². The van der Waals surface area contributed by atoms with Gasteiger partial charge in [-0.15, -0.1) is 11.3 Å². The summed E-state index contributed by atoms with van der Waals surface area (Å²) in [4.78, 5) is 29.3. The molecule has 5 nitrogen and oxygen atoms in total. The summed E-state index contributed by atoms with van der Waals surface area (Å²) in [5.74, 6) is 0.626. The molecule has 1 unspecified atom stereocenters. The molecule has 0 saturated carbocycles. The van der Waals surface area contributed by atoms with Crippen LogP contribution in [-0.2, 0) is 19.4 Å². The fourth-order valence-electron chi connectivity index (χ4n) is 2.76. The van der Waals surface area contributed by atoms with Gasteiger partial charge in [0.1, 0.15) is 4.83 Å². The molecular weight excluding hydrogens is 294 g/mol. The highest BCUT2D eigenvalue weighted by atomic mass is 32.1. The van der Waals surface area contributed by atoms with E-state index in [9.17, 15) is 9.59 Å². The van der Waals surface area contributed by atoms with Gasteiger partial charge in [-0.2, -0.15) is 0 Å². The lowest BCUT2D eigenvalue weighted by atomic mass is 9.89. The first-order chi connectivity index (χ1) is 9.47. The van der Waals surface area contributed by atoms with Crippen LogP contribution >= 0.6 is 23.6 Å². The molecular formula is C13H15N3O2S2. The van der Waals surface area contributed by atoms with E-state index in [1.54, 1.807) is 0 Å². The van der Waals surface area contributed by atoms with Crippen LogP contribution in [0.5, 0.6) is 0 Å². The van der Waals surface area contributed by atoms with Crippen LogP contribution in [-0.4, -0.2) is 14.5 Å². The Labute approximate surface area is 124 Å². The first-order valence-electron chi connectivity index (χ1n) is 6.53. The van der Waals surface area contributed by atoms with Crippen molar-refractivity contribution in [1.82, 2.24) is 9.55 Å². The van der Waals surface area contributed by atoms with Gasteiger partial charge in [0, 0.05) is 4.88 Å². The zero-order valence-electron chi connectivity index (χ0n) is 11.1. The van der Waals surface area contributed by atoms with E-state index in [0.717, 1.165) is 29.4 Å². The highest BCUT2D eigenvalue weighted by Gasteiger charge is 2.23. The minimum Gasteiger partial charge on any atom is -0.392 e. The molecule has 20 heavy (non-hydrogen) atoms. The van der Waals surface area contributed by atoms with Crippen LogP contribution in [0.15, 0.2) is 9.59 Å². The van der Waals surface area contributed by atoms with E-state index in [1.165, 1.54) is 16.2 Å². The monoisotopic (exact) mass is 309 g/mol. The Morgan fingerprint density at radius 3 is 3.00 bits per heavy atom.